The van der Waals surface area contributed by atoms with Gasteiger partial charge in [0.25, 0.3) is 0 Å². The van der Waals surface area contributed by atoms with Gasteiger partial charge in [0.2, 0.25) is 0 Å². The molecule has 0 saturated carbocycles. The molecule has 0 amide bonds. The first-order valence-electron chi connectivity index (χ1n) is 5.69. The monoisotopic (exact) mass is 298 g/mol. The molecule has 0 bridgehead atoms. The first kappa shape index (κ1) is 14.7. The maximum Gasteiger partial charge on any atom is 0.573 e. The van der Waals surface area contributed by atoms with Gasteiger partial charge < -0.3 is 14.9 Å². The maximum atomic E-state index is 12.2. The Morgan fingerprint density at radius 1 is 1.10 bits per heavy atom. The van der Waals surface area contributed by atoms with Gasteiger partial charge in [0, 0.05) is 0 Å². The summed E-state index contributed by atoms with van der Waals surface area (Å²) in [7, 11) is 0. The minimum Gasteiger partial charge on any atom is -0.508 e. The van der Waals surface area contributed by atoms with Crippen LogP contribution in [0.1, 0.15) is 10.4 Å². The van der Waals surface area contributed by atoms with E-state index >= 15 is 0 Å². The fraction of sp³-hybridized carbons (Fsp3) is 0.0714. The molecule has 0 unspecified atom stereocenters. The zero-order valence-electron chi connectivity index (χ0n) is 10.4. The van der Waals surface area contributed by atoms with Crippen LogP contribution in [-0.2, 0) is 0 Å². The summed E-state index contributed by atoms with van der Waals surface area (Å²) in [5, 5.41) is 18.4. The molecule has 0 atom stereocenters. The second-order valence-electron chi connectivity index (χ2n) is 4.11. The number of phenols is 1. The smallest absolute Gasteiger partial charge is 0.508 e. The van der Waals surface area contributed by atoms with Gasteiger partial charge in [0.05, 0.1) is 5.56 Å². The predicted octanol–water partition coefficient (Wildman–Crippen LogP) is 3.66. The van der Waals surface area contributed by atoms with Crippen molar-refractivity contribution in [3.8, 4) is 22.6 Å². The van der Waals surface area contributed by atoms with E-state index in [1.54, 1.807) is 0 Å². The average molecular weight is 298 g/mol. The van der Waals surface area contributed by atoms with Crippen LogP contribution in [0.5, 0.6) is 11.5 Å². The molecular formula is C14H9F3O4. The summed E-state index contributed by atoms with van der Waals surface area (Å²) in [6.07, 6.45) is -4.83. The summed E-state index contributed by atoms with van der Waals surface area (Å²) in [4.78, 5) is 11.1. The van der Waals surface area contributed by atoms with E-state index in [1.807, 2.05) is 0 Å². The van der Waals surface area contributed by atoms with Gasteiger partial charge in [-0.3, -0.25) is 0 Å². The third kappa shape index (κ3) is 3.65. The number of alkyl halides is 3. The molecule has 0 heterocycles. The van der Waals surface area contributed by atoms with Gasteiger partial charge in [-0.25, -0.2) is 4.79 Å². The van der Waals surface area contributed by atoms with Gasteiger partial charge in [-0.1, -0.05) is 12.1 Å². The predicted molar refractivity (Wildman–Crippen MR) is 67.2 cm³/mol. The Morgan fingerprint density at radius 2 is 1.81 bits per heavy atom. The molecule has 2 N–H and O–H groups in total. The van der Waals surface area contributed by atoms with Crippen LogP contribution in [0.25, 0.3) is 11.1 Å². The zero-order valence-corrected chi connectivity index (χ0v) is 10.4. The number of halogens is 3. The van der Waals surface area contributed by atoms with E-state index in [-0.39, 0.29) is 22.4 Å². The molecule has 2 aromatic rings. The minimum absolute atomic E-state index is 0.174. The largest absolute Gasteiger partial charge is 0.573 e. The molecule has 0 fully saturated rings. The van der Waals surface area contributed by atoms with E-state index in [1.165, 1.54) is 24.3 Å². The van der Waals surface area contributed by atoms with Crippen molar-refractivity contribution in [1.82, 2.24) is 0 Å². The summed E-state index contributed by atoms with van der Waals surface area (Å²) in [6.45, 7) is 0. The number of rotatable bonds is 3. The number of aromatic hydroxyl groups is 1. The van der Waals surface area contributed by atoms with Crippen LogP contribution in [0, 0.1) is 0 Å². The lowest BCUT2D eigenvalue weighted by Gasteiger charge is -2.11. The standard InChI is InChI=1S/C14H9F3O4/c15-14(16,17)21-10-3-1-2-8(6-10)11-5-4-9(18)7-12(11)13(19)20/h1-7,18H,(H,19,20). The molecule has 21 heavy (non-hydrogen) atoms. The lowest BCUT2D eigenvalue weighted by molar-refractivity contribution is -0.274. The zero-order chi connectivity index (χ0) is 15.6. The Labute approximate surface area is 117 Å². The highest BCUT2D eigenvalue weighted by molar-refractivity contribution is 5.96. The summed E-state index contributed by atoms with van der Waals surface area (Å²) in [5.74, 6) is -2.01. The number of carbonyl (C=O) groups is 1. The Morgan fingerprint density at radius 3 is 2.43 bits per heavy atom. The van der Waals surface area contributed by atoms with Gasteiger partial charge >= 0.3 is 12.3 Å². The van der Waals surface area contributed by atoms with Crippen molar-refractivity contribution in [2.45, 2.75) is 6.36 Å². The number of ether oxygens (including phenoxy) is 1. The Hall–Kier alpha value is -2.70. The Kier molecular flexibility index (Phi) is 3.75. The van der Waals surface area contributed by atoms with Crippen molar-refractivity contribution in [1.29, 1.82) is 0 Å². The fourth-order valence-corrected chi connectivity index (χ4v) is 1.82. The normalized spacial score (nSPS) is 11.2. The van der Waals surface area contributed by atoms with Crippen molar-refractivity contribution in [2.75, 3.05) is 0 Å². The van der Waals surface area contributed by atoms with Gasteiger partial charge in [-0.05, 0) is 41.5 Å². The maximum absolute atomic E-state index is 12.2. The molecule has 0 aliphatic carbocycles. The molecule has 0 radical (unpaired) electrons. The van der Waals surface area contributed by atoms with Gasteiger partial charge in [0.1, 0.15) is 11.5 Å². The molecule has 4 nitrogen and oxygen atoms in total. The highest BCUT2D eigenvalue weighted by atomic mass is 19.4. The topological polar surface area (TPSA) is 66.8 Å². The number of aromatic carboxylic acids is 1. The number of carboxylic acid groups (broad SMARTS) is 1. The van der Waals surface area contributed by atoms with Crippen LogP contribution in [0.3, 0.4) is 0 Å². The SMILES string of the molecule is O=C(O)c1cc(O)ccc1-c1cccc(OC(F)(F)F)c1. The van der Waals surface area contributed by atoms with Crippen molar-refractivity contribution in [3.05, 3.63) is 48.0 Å². The highest BCUT2D eigenvalue weighted by Crippen LogP contribution is 2.31. The van der Waals surface area contributed by atoms with E-state index in [9.17, 15) is 23.1 Å². The second-order valence-corrected chi connectivity index (χ2v) is 4.11. The number of hydrogen-bond donors (Lipinski definition) is 2. The van der Waals surface area contributed by atoms with Crippen LogP contribution in [-0.4, -0.2) is 22.5 Å². The average Bonchev–Trinajstić information content (AvgIpc) is 2.36. The van der Waals surface area contributed by atoms with Crippen molar-refractivity contribution >= 4 is 5.97 Å². The molecule has 110 valence electrons. The van der Waals surface area contributed by atoms with E-state index in [0.717, 1.165) is 18.2 Å². The quantitative estimate of drug-likeness (QED) is 0.907. The van der Waals surface area contributed by atoms with Crippen molar-refractivity contribution in [3.63, 3.8) is 0 Å². The summed E-state index contributed by atoms with van der Waals surface area (Å²) in [6, 6.07) is 8.53. The van der Waals surface area contributed by atoms with Gasteiger partial charge in [-0.2, -0.15) is 0 Å². The molecule has 0 saturated heterocycles. The van der Waals surface area contributed by atoms with Crippen LogP contribution < -0.4 is 4.74 Å². The van der Waals surface area contributed by atoms with Crippen LogP contribution >= 0.6 is 0 Å². The van der Waals surface area contributed by atoms with E-state index < -0.39 is 18.1 Å². The molecule has 0 aliphatic heterocycles. The molecule has 0 spiro atoms. The van der Waals surface area contributed by atoms with Crippen LogP contribution in [0.2, 0.25) is 0 Å². The number of benzene rings is 2. The van der Waals surface area contributed by atoms with Gasteiger partial charge in [0.15, 0.2) is 0 Å². The summed E-state index contributed by atoms with van der Waals surface area (Å²) >= 11 is 0. The fourth-order valence-electron chi connectivity index (χ4n) is 1.82. The molecule has 7 heteroatoms. The first-order valence-corrected chi connectivity index (χ1v) is 5.69. The molecule has 0 aliphatic rings. The minimum atomic E-state index is -4.83. The summed E-state index contributed by atoms with van der Waals surface area (Å²) in [5.41, 5.74) is 0.182. The van der Waals surface area contributed by atoms with Crippen molar-refractivity contribution in [2.24, 2.45) is 0 Å². The number of hydrogen-bond acceptors (Lipinski definition) is 3. The van der Waals surface area contributed by atoms with Crippen LogP contribution in [0.15, 0.2) is 42.5 Å². The third-order valence-corrected chi connectivity index (χ3v) is 2.61. The second kappa shape index (κ2) is 5.35. The number of carboxylic acids is 1. The molecular weight excluding hydrogens is 289 g/mol. The van der Waals surface area contributed by atoms with Gasteiger partial charge in [-0.15, -0.1) is 13.2 Å². The molecule has 2 aromatic carbocycles. The highest BCUT2D eigenvalue weighted by Gasteiger charge is 2.31. The molecule has 2 rings (SSSR count). The Bertz CT molecular complexity index is 680. The van der Waals surface area contributed by atoms with E-state index in [2.05, 4.69) is 4.74 Å². The summed E-state index contributed by atoms with van der Waals surface area (Å²) < 4.78 is 40.4. The lowest BCUT2D eigenvalue weighted by Crippen LogP contribution is -2.17. The first-order chi connectivity index (χ1) is 9.76. The van der Waals surface area contributed by atoms with Crippen LogP contribution in [0.4, 0.5) is 13.2 Å². The van der Waals surface area contributed by atoms with E-state index in [0.29, 0.717) is 0 Å². The Balaban J connectivity index is 2.48. The third-order valence-electron chi connectivity index (χ3n) is 2.61. The van der Waals surface area contributed by atoms with E-state index in [4.69, 9.17) is 5.11 Å². The van der Waals surface area contributed by atoms with Crippen molar-refractivity contribution < 1.29 is 32.9 Å². The molecule has 0 aromatic heterocycles. The lowest BCUT2D eigenvalue weighted by atomic mass is 9.99. The number of phenolic OH excluding ortho intramolecular Hbond substituents is 1.